The minimum Gasteiger partial charge on any atom is -0.495 e. The smallest absolute Gasteiger partial charge is 0.310 e. The number of nitrogens with one attached hydrogen (secondary N) is 4. The van der Waals surface area contributed by atoms with Gasteiger partial charge in [-0.05, 0) is 31.7 Å². The highest BCUT2D eigenvalue weighted by atomic mass is 19.1. The summed E-state index contributed by atoms with van der Waals surface area (Å²) in [6, 6.07) is 4.80. The van der Waals surface area contributed by atoms with Gasteiger partial charge in [0.1, 0.15) is 17.1 Å². The largest absolute Gasteiger partial charge is 0.495 e. The minimum absolute atomic E-state index is 0.103. The fraction of sp³-hybridized carbons (Fsp3) is 0.333. The molecule has 1 aromatic heterocycles. The number of nitrogens with zero attached hydrogens (tertiary/aromatic N) is 2. The van der Waals surface area contributed by atoms with Gasteiger partial charge in [0, 0.05) is 18.4 Å². The molecule has 9 nitrogen and oxygen atoms in total. The van der Waals surface area contributed by atoms with Crippen molar-refractivity contribution in [1.29, 1.82) is 0 Å². The number of carbonyl (C=O) groups excluding carboxylic acids is 2. The number of hydrogen-bond acceptors (Lipinski definition) is 7. The fourth-order valence-electron chi connectivity index (χ4n) is 2.34. The number of halogens is 1. The van der Waals surface area contributed by atoms with Gasteiger partial charge in [0.15, 0.2) is 0 Å². The van der Waals surface area contributed by atoms with Crippen molar-refractivity contribution in [3.05, 3.63) is 36.0 Å². The van der Waals surface area contributed by atoms with E-state index in [9.17, 15) is 14.0 Å². The van der Waals surface area contributed by atoms with Crippen LogP contribution in [-0.4, -0.2) is 49.0 Å². The van der Waals surface area contributed by atoms with Crippen LogP contribution in [0.5, 0.6) is 5.75 Å². The van der Waals surface area contributed by atoms with Gasteiger partial charge in [-0.1, -0.05) is 6.92 Å². The summed E-state index contributed by atoms with van der Waals surface area (Å²) in [4.78, 5) is 31.6. The normalized spacial score (nSPS) is 10.3. The molecule has 0 aliphatic rings. The predicted molar refractivity (Wildman–Crippen MR) is 104 cm³/mol. The first kappa shape index (κ1) is 21.0. The van der Waals surface area contributed by atoms with Gasteiger partial charge in [-0.2, -0.15) is 9.37 Å². The molecule has 0 saturated carbocycles. The molecule has 1 heterocycles. The van der Waals surface area contributed by atoms with Gasteiger partial charge in [0.2, 0.25) is 5.91 Å². The van der Waals surface area contributed by atoms with E-state index in [0.29, 0.717) is 23.7 Å². The van der Waals surface area contributed by atoms with Crippen molar-refractivity contribution in [2.24, 2.45) is 0 Å². The van der Waals surface area contributed by atoms with Crippen molar-refractivity contribution in [3.8, 4) is 5.75 Å². The van der Waals surface area contributed by atoms with E-state index in [1.807, 2.05) is 6.92 Å². The standard InChI is InChI=1S/C18H23FN6O3/c1-4-7-21-16-12(9-22-18(19)25-16)17(27)23-11-5-6-14(28-3)13(8-11)24-15(26)10-20-2/h5-6,8-9,20H,4,7,10H2,1-3H3,(H,23,27)(H,24,26)(H,21,22,25). The van der Waals surface area contributed by atoms with Gasteiger partial charge < -0.3 is 26.0 Å². The van der Waals surface area contributed by atoms with E-state index >= 15 is 0 Å². The highest BCUT2D eigenvalue weighted by Gasteiger charge is 2.16. The molecule has 2 aromatic rings. The highest BCUT2D eigenvalue weighted by Crippen LogP contribution is 2.28. The first-order valence-electron chi connectivity index (χ1n) is 8.68. The third-order valence-corrected chi connectivity index (χ3v) is 3.62. The lowest BCUT2D eigenvalue weighted by molar-refractivity contribution is -0.115. The van der Waals surface area contributed by atoms with E-state index in [-0.39, 0.29) is 23.8 Å². The van der Waals surface area contributed by atoms with Crippen molar-refractivity contribution in [2.75, 3.05) is 43.2 Å². The summed E-state index contributed by atoms with van der Waals surface area (Å²) < 4.78 is 18.6. The van der Waals surface area contributed by atoms with E-state index in [1.165, 1.54) is 7.11 Å². The molecule has 0 atom stereocenters. The van der Waals surface area contributed by atoms with Crippen LogP contribution in [0.25, 0.3) is 0 Å². The number of likely N-dealkylation sites (N-methyl/N-ethyl adjacent to an activating group) is 1. The first-order valence-corrected chi connectivity index (χ1v) is 8.68. The van der Waals surface area contributed by atoms with Crippen molar-refractivity contribution < 1.29 is 18.7 Å². The Morgan fingerprint density at radius 3 is 2.71 bits per heavy atom. The third kappa shape index (κ3) is 5.61. The van der Waals surface area contributed by atoms with Gasteiger partial charge >= 0.3 is 6.08 Å². The van der Waals surface area contributed by atoms with Crippen LogP contribution >= 0.6 is 0 Å². The van der Waals surface area contributed by atoms with Gasteiger partial charge in [0.05, 0.1) is 19.3 Å². The number of hydrogen-bond donors (Lipinski definition) is 4. The van der Waals surface area contributed by atoms with E-state index in [0.717, 1.165) is 12.6 Å². The van der Waals surface area contributed by atoms with Crippen LogP contribution in [-0.2, 0) is 4.79 Å². The zero-order chi connectivity index (χ0) is 20.5. The highest BCUT2D eigenvalue weighted by molar-refractivity contribution is 6.07. The maximum Gasteiger partial charge on any atom is 0.310 e. The molecule has 0 saturated heterocycles. The zero-order valence-corrected chi connectivity index (χ0v) is 15.9. The topological polar surface area (TPSA) is 117 Å². The van der Waals surface area contributed by atoms with Crippen LogP contribution < -0.4 is 26.0 Å². The third-order valence-electron chi connectivity index (χ3n) is 3.62. The molecule has 10 heteroatoms. The number of aromatic nitrogens is 2. The number of methoxy groups -OCH3 is 1. The van der Waals surface area contributed by atoms with Crippen molar-refractivity contribution in [3.63, 3.8) is 0 Å². The van der Waals surface area contributed by atoms with Gasteiger partial charge in [-0.15, -0.1) is 0 Å². The van der Waals surface area contributed by atoms with Gasteiger partial charge in [-0.3, -0.25) is 9.59 Å². The summed E-state index contributed by atoms with van der Waals surface area (Å²) in [6.07, 6.45) is 0.976. The summed E-state index contributed by atoms with van der Waals surface area (Å²) in [5, 5.41) is 11.0. The first-order chi connectivity index (χ1) is 13.5. The molecule has 1 aromatic carbocycles. The molecular weight excluding hydrogens is 367 g/mol. The summed E-state index contributed by atoms with van der Waals surface area (Å²) in [7, 11) is 3.13. The summed E-state index contributed by atoms with van der Waals surface area (Å²) in [5.41, 5.74) is 0.919. The summed E-state index contributed by atoms with van der Waals surface area (Å²) in [6.45, 7) is 2.59. The van der Waals surface area contributed by atoms with Gasteiger partial charge in [0.25, 0.3) is 5.91 Å². The van der Waals surface area contributed by atoms with Crippen LogP contribution in [0.2, 0.25) is 0 Å². The monoisotopic (exact) mass is 390 g/mol. The molecule has 0 fully saturated rings. The predicted octanol–water partition coefficient (Wildman–Crippen LogP) is 1.86. The quantitative estimate of drug-likeness (QED) is 0.483. The SMILES string of the molecule is CCCNc1nc(F)ncc1C(=O)Nc1ccc(OC)c(NC(=O)CNC)c1. The van der Waals surface area contributed by atoms with Crippen molar-refractivity contribution >= 4 is 29.0 Å². The van der Waals surface area contributed by atoms with Crippen molar-refractivity contribution in [1.82, 2.24) is 15.3 Å². The average molecular weight is 390 g/mol. The lowest BCUT2D eigenvalue weighted by atomic mass is 10.2. The van der Waals surface area contributed by atoms with Gasteiger partial charge in [-0.25, -0.2) is 4.98 Å². The van der Waals surface area contributed by atoms with Crippen LogP contribution in [0, 0.1) is 6.08 Å². The van der Waals surface area contributed by atoms with Crippen LogP contribution in [0.4, 0.5) is 21.6 Å². The van der Waals surface area contributed by atoms with Crippen LogP contribution in [0.15, 0.2) is 24.4 Å². The maximum atomic E-state index is 13.3. The fourth-order valence-corrected chi connectivity index (χ4v) is 2.34. The zero-order valence-electron chi connectivity index (χ0n) is 15.9. The molecule has 0 unspecified atom stereocenters. The molecule has 150 valence electrons. The molecule has 4 N–H and O–H groups in total. The molecule has 0 aliphatic heterocycles. The van der Waals surface area contributed by atoms with E-state index < -0.39 is 12.0 Å². The number of ether oxygens (including phenoxy) is 1. The second-order valence-electron chi connectivity index (χ2n) is 5.78. The number of rotatable bonds is 9. The minimum atomic E-state index is -0.922. The molecular formula is C18H23FN6O3. The number of carbonyl (C=O) groups is 2. The molecule has 0 spiro atoms. The average Bonchev–Trinajstić information content (AvgIpc) is 2.66. The molecule has 0 radical (unpaired) electrons. The maximum absolute atomic E-state index is 13.3. The molecule has 28 heavy (non-hydrogen) atoms. The van der Waals surface area contributed by atoms with E-state index in [1.54, 1.807) is 25.2 Å². The Hall–Kier alpha value is -3.27. The Morgan fingerprint density at radius 2 is 2.04 bits per heavy atom. The summed E-state index contributed by atoms with van der Waals surface area (Å²) in [5.74, 6) is -0.223. The summed E-state index contributed by atoms with van der Waals surface area (Å²) >= 11 is 0. The second kappa shape index (κ2) is 10.2. The molecule has 2 amide bonds. The number of amides is 2. The lowest BCUT2D eigenvalue weighted by Gasteiger charge is -2.14. The molecule has 0 aliphatic carbocycles. The Balaban J connectivity index is 2.23. The number of anilines is 3. The Kier molecular flexibility index (Phi) is 7.64. The Bertz CT molecular complexity index is 846. The Morgan fingerprint density at radius 1 is 1.25 bits per heavy atom. The number of benzene rings is 1. The lowest BCUT2D eigenvalue weighted by Crippen LogP contribution is -2.25. The van der Waals surface area contributed by atoms with Crippen LogP contribution in [0.1, 0.15) is 23.7 Å². The van der Waals surface area contributed by atoms with Crippen LogP contribution in [0.3, 0.4) is 0 Å². The second-order valence-corrected chi connectivity index (χ2v) is 5.78. The van der Waals surface area contributed by atoms with Crippen molar-refractivity contribution in [2.45, 2.75) is 13.3 Å². The molecule has 0 bridgehead atoms. The Labute approximate surface area is 162 Å². The van der Waals surface area contributed by atoms with E-state index in [4.69, 9.17) is 4.74 Å². The molecule has 2 rings (SSSR count). The van der Waals surface area contributed by atoms with E-state index in [2.05, 4.69) is 31.2 Å².